The van der Waals surface area contributed by atoms with Gasteiger partial charge >= 0.3 is 0 Å². The summed E-state index contributed by atoms with van der Waals surface area (Å²) in [6.07, 6.45) is 1.67. The van der Waals surface area contributed by atoms with E-state index in [4.69, 9.17) is 28.2 Å². The predicted molar refractivity (Wildman–Crippen MR) is 138 cm³/mol. The van der Waals surface area contributed by atoms with Gasteiger partial charge < -0.3 is 14.8 Å². The van der Waals surface area contributed by atoms with Gasteiger partial charge in [0, 0.05) is 68.7 Å². The van der Waals surface area contributed by atoms with Crippen LogP contribution in [0.15, 0.2) is 48.7 Å². The van der Waals surface area contributed by atoms with Crippen molar-refractivity contribution in [1.29, 1.82) is 0 Å². The number of rotatable bonds is 5. The summed E-state index contributed by atoms with van der Waals surface area (Å²) in [6.45, 7) is 3.48. The summed E-state index contributed by atoms with van der Waals surface area (Å²) < 4.78 is 14.2. The van der Waals surface area contributed by atoms with Crippen molar-refractivity contribution in [3.8, 4) is 11.4 Å². The standard InChI is InChI=1S/C25H25Cl2FN6/c1-32(2)17-8-6-16(7-9-17)24-30-22-23(20(27)14-29-25(22)31-24)34-12-10-33(11-13-34)15-18-19(26)4-3-5-21(18)28/h3-9,14H,10-13,15H2,1-2H3,(H,29,30,31). The number of aromatic amines is 1. The van der Waals surface area contributed by atoms with Crippen LogP contribution in [0.4, 0.5) is 15.8 Å². The first-order valence-electron chi connectivity index (χ1n) is 11.1. The maximum absolute atomic E-state index is 14.2. The summed E-state index contributed by atoms with van der Waals surface area (Å²) >= 11 is 12.8. The van der Waals surface area contributed by atoms with Crippen LogP contribution in [0.1, 0.15) is 5.56 Å². The highest BCUT2D eigenvalue weighted by Gasteiger charge is 2.24. The molecule has 0 aliphatic carbocycles. The average molecular weight is 499 g/mol. The Labute approximate surface area is 207 Å². The van der Waals surface area contributed by atoms with Gasteiger partial charge in [0.05, 0.1) is 16.9 Å². The molecular formula is C25H25Cl2FN6. The summed E-state index contributed by atoms with van der Waals surface area (Å²) in [5.41, 5.74) is 4.98. The Morgan fingerprint density at radius 3 is 2.41 bits per heavy atom. The number of anilines is 2. The molecule has 1 fully saturated rings. The van der Waals surface area contributed by atoms with Crippen molar-refractivity contribution in [2.24, 2.45) is 0 Å². The number of piperazine rings is 1. The summed E-state index contributed by atoms with van der Waals surface area (Å²) in [4.78, 5) is 19.2. The third-order valence-corrected chi connectivity index (χ3v) is 6.86. The highest BCUT2D eigenvalue weighted by Crippen LogP contribution is 2.34. The maximum atomic E-state index is 14.2. The van der Waals surface area contributed by atoms with Gasteiger partial charge in [0.1, 0.15) is 17.2 Å². The van der Waals surface area contributed by atoms with Crippen LogP contribution in [-0.4, -0.2) is 60.1 Å². The molecule has 0 spiro atoms. The van der Waals surface area contributed by atoms with Crippen LogP contribution in [0.5, 0.6) is 0 Å². The SMILES string of the molecule is CN(C)c1ccc(-c2nc3c(N4CCN(Cc5c(F)cccc5Cl)CC4)c(Cl)cnc3[nH]2)cc1. The van der Waals surface area contributed by atoms with Gasteiger partial charge in [-0.3, -0.25) is 4.90 Å². The molecular weight excluding hydrogens is 474 g/mol. The Bertz CT molecular complexity index is 1290. The van der Waals surface area contributed by atoms with E-state index in [2.05, 4.69) is 36.8 Å². The zero-order valence-corrected chi connectivity index (χ0v) is 20.5. The first-order valence-corrected chi connectivity index (χ1v) is 11.9. The third kappa shape index (κ3) is 4.43. The fourth-order valence-corrected chi connectivity index (χ4v) is 4.79. The Balaban J connectivity index is 1.37. The molecule has 9 heteroatoms. The quantitative estimate of drug-likeness (QED) is 0.395. The van der Waals surface area contributed by atoms with Crippen molar-refractivity contribution >= 4 is 45.7 Å². The van der Waals surface area contributed by atoms with E-state index in [1.807, 2.05) is 26.2 Å². The number of hydrogen-bond donors (Lipinski definition) is 1. The number of fused-ring (bicyclic) bond motifs is 1. The zero-order valence-electron chi connectivity index (χ0n) is 19.0. The number of imidazole rings is 1. The Morgan fingerprint density at radius 1 is 1.00 bits per heavy atom. The van der Waals surface area contributed by atoms with Crippen molar-refractivity contribution in [3.05, 3.63) is 70.1 Å². The van der Waals surface area contributed by atoms with Crippen LogP contribution >= 0.6 is 23.2 Å². The van der Waals surface area contributed by atoms with Gasteiger partial charge in [-0.2, -0.15) is 0 Å². The highest BCUT2D eigenvalue weighted by atomic mass is 35.5. The first kappa shape index (κ1) is 22.9. The second-order valence-electron chi connectivity index (χ2n) is 8.64. The van der Waals surface area contributed by atoms with Crippen LogP contribution in [0, 0.1) is 5.82 Å². The Morgan fingerprint density at radius 2 is 1.74 bits per heavy atom. The number of halogens is 3. The lowest BCUT2D eigenvalue weighted by molar-refractivity contribution is 0.247. The number of H-pyrrole nitrogens is 1. The van der Waals surface area contributed by atoms with Crippen LogP contribution in [-0.2, 0) is 6.54 Å². The minimum Gasteiger partial charge on any atom is -0.378 e. The summed E-state index contributed by atoms with van der Waals surface area (Å²) in [5.74, 6) is 0.487. The fourth-order valence-electron chi connectivity index (χ4n) is 4.31. The van der Waals surface area contributed by atoms with Gasteiger partial charge in [-0.05, 0) is 36.4 Å². The van der Waals surface area contributed by atoms with E-state index in [9.17, 15) is 4.39 Å². The summed E-state index contributed by atoms with van der Waals surface area (Å²) in [5, 5.41) is 1.03. The lowest BCUT2D eigenvalue weighted by Gasteiger charge is -2.36. The van der Waals surface area contributed by atoms with Gasteiger partial charge in [0.15, 0.2) is 5.65 Å². The van der Waals surface area contributed by atoms with Gasteiger partial charge in [-0.15, -0.1) is 0 Å². The Hall–Kier alpha value is -2.87. The molecule has 2 aromatic heterocycles. The van der Waals surface area contributed by atoms with Crippen molar-refractivity contribution in [1.82, 2.24) is 19.9 Å². The van der Waals surface area contributed by atoms with E-state index in [-0.39, 0.29) is 5.82 Å². The van der Waals surface area contributed by atoms with Gasteiger partial charge in [-0.25, -0.2) is 14.4 Å². The summed E-state index contributed by atoms with van der Waals surface area (Å²) in [7, 11) is 4.03. The molecule has 1 aliphatic rings. The average Bonchev–Trinajstić information content (AvgIpc) is 3.26. The molecule has 3 heterocycles. The lowest BCUT2D eigenvalue weighted by atomic mass is 10.1. The van der Waals surface area contributed by atoms with Crippen molar-refractivity contribution < 1.29 is 4.39 Å². The van der Waals surface area contributed by atoms with Crippen LogP contribution < -0.4 is 9.80 Å². The minimum absolute atomic E-state index is 0.267. The second-order valence-corrected chi connectivity index (χ2v) is 9.46. The molecule has 0 bridgehead atoms. The van der Waals surface area contributed by atoms with E-state index >= 15 is 0 Å². The monoisotopic (exact) mass is 498 g/mol. The van der Waals surface area contributed by atoms with Crippen LogP contribution in [0.25, 0.3) is 22.6 Å². The normalized spacial score (nSPS) is 14.7. The molecule has 1 aliphatic heterocycles. The number of nitrogens with zero attached hydrogens (tertiary/aromatic N) is 5. The van der Waals surface area contributed by atoms with Gasteiger partial charge in [0.2, 0.25) is 0 Å². The largest absolute Gasteiger partial charge is 0.378 e. The molecule has 5 rings (SSSR count). The first-order chi connectivity index (χ1) is 16.4. The number of nitrogens with one attached hydrogen (secondary N) is 1. The molecule has 4 aromatic rings. The van der Waals surface area contributed by atoms with E-state index in [0.717, 1.165) is 54.5 Å². The summed E-state index contributed by atoms with van der Waals surface area (Å²) in [6, 6.07) is 13.0. The van der Waals surface area contributed by atoms with E-state index in [0.29, 0.717) is 27.8 Å². The molecule has 0 unspecified atom stereocenters. The molecule has 1 saturated heterocycles. The lowest BCUT2D eigenvalue weighted by Crippen LogP contribution is -2.46. The number of aromatic nitrogens is 3. The predicted octanol–water partition coefficient (Wildman–Crippen LogP) is 5.46. The smallest absolute Gasteiger partial charge is 0.159 e. The van der Waals surface area contributed by atoms with Gasteiger partial charge in [0.25, 0.3) is 0 Å². The molecule has 0 atom stereocenters. The molecule has 0 radical (unpaired) electrons. The molecule has 1 N–H and O–H groups in total. The maximum Gasteiger partial charge on any atom is 0.159 e. The van der Waals surface area contributed by atoms with Crippen molar-refractivity contribution in [2.75, 3.05) is 50.1 Å². The van der Waals surface area contributed by atoms with Crippen molar-refractivity contribution in [2.45, 2.75) is 6.54 Å². The van der Waals surface area contributed by atoms with Crippen molar-refractivity contribution in [3.63, 3.8) is 0 Å². The third-order valence-electron chi connectivity index (χ3n) is 6.23. The van der Waals surface area contributed by atoms with Crippen LogP contribution in [0.2, 0.25) is 10.0 Å². The van der Waals surface area contributed by atoms with E-state index in [1.54, 1.807) is 18.3 Å². The number of benzene rings is 2. The Kier molecular flexibility index (Phi) is 6.34. The minimum atomic E-state index is -0.267. The molecule has 34 heavy (non-hydrogen) atoms. The molecule has 6 nitrogen and oxygen atoms in total. The molecule has 176 valence electrons. The molecule has 2 aromatic carbocycles. The van der Waals surface area contributed by atoms with E-state index in [1.165, 1.54) is 6.07 Å². The topological polar surface area (TPSA) is 51.3 Å². The van der Waals surface area contributed by atoms with Gasteiger partial charge in [-0.1, -0.05) is 29.3 Å². The highest BCUT2D eigenvalue weighted by molar-refractivity contribution is 6.34. The number of hydrogen-bond acceptors (Lipinski definition) is 5. The molecule has 0 saturated carbocycles. The second kappa shape index (κ2) is 9.41. The number of pyridine rings is 1. The van der Waals surface area contributed by atoms with E-state index < -0.39 is 0 Å². The van der Waals surface area contributed by atoms with Crippen LogP contribution in [0.3, 0.4) is 0 Å². The molecule has 0 amide bonds. The fraction of sp³-hybridized carbons (Fsp3) is 0.280. The zero-order chi connectivity index (χ0) is 23.8.